The van der Waals surface area contributed by atoms with Crippen molar-refractivity contribution in [3.8, 4) is 0 Å². The van der Waals surface area contributed by atoms with E-state index in [9.17, 15) is 14.0 Å². The summed E-state index contributed by atoms with van der Waals surface area (Å²) in [5.41, 5.74) is 6.93. The third-order valence-electron chi connectivity index (χ3n) is 4.49. The lowest BCUT2D eigenvalue weighted by Crippen LogP contribution is -2.27. The Morgan fingerprint density at radius 1 is 1.29 bits per heavy atom. The molecule has 0 spiro atoms. The third-order valence-corrected chi connectivity index (χ3v) is 4.49. The van der Waals surface area contributed by atoms with E-state index in [0.29, 0.717) is 11.4 Å². The van der Waals surface area contributed by atoms with Gasteiger partial charge in [-0.05, 0) is 30.3 Å². The fraction of sp³-hybridized carbons (Fsp3) is 0.150. The highest BCUT2D eigenvalue weighted by Gasteiger charge is 2.32. The van der Waals surface area contributed by atoms with E-state index in [-0.39, 0.29) is 18.7 Å². The predicted molar refractivity (Wildman–Crippen MR) is 103 cm³/mol. The van der Waals surface area contributed by atoms with Crippen molar-refractivity contribution in [3.05, 3.63) is 66.1 Å². The van der Waals surface area contributed by atoms with Gasteiger partial charge in [0.25, 0.3) is 5.91 Å². The molecule has 7 nitrogen and oxygen atoms in total. The highest BCUT2D eigenvalue weighted by molar-refractivity contribution is 6.05. The van der Waals surface area contributed by atoms with Gasteiger partial charge in [-0.15, -0.1) is 0 Å². The monoisotopic (exact) mass is 380 g/mol. The number of halogens is 1. The van der Waals surface area contributed by atoms with E-state index in [1.807, 2.05) is 24.3 Å². The molecule has 4 rings (SSSR count). The van der Waals surface area contributed by atoms with Crippen LogP contribution in [0.3, 0.4) is 0 Å². The number of carbonyl (C=O) groups is 2. The largest absolute Gasteiger partial charge is 0.443 e. The minimum Gasteiger partial charge on any atom is -0.443 e. The molecule has 1 saturated heterocycles. The van der Waals surface area contributed by atoms with Crippen molar-refractivity contribution >= 4 is 34.3 Å². The molecule has 1 aromatic heterocycles. The second kappa shape index (κ2) is 7.24. The zero-order valence-corrected chi connectivity index (χ0v) is 14.8. The quantitative estimate of drug-likeness (QED) is 0.725. The van der Waals surface area contributed by atoms with Gasteiger partial charge in [0.05, 0.1) is 35.2 Å². The summed E-state index contributed by atoms with van der Waals surface area (Å²) in [5.74, 6) is -1.35. The van der Waals surface area contributed by atoms with Crippen LogP contribution in [0.1, 0.15) is 10.4 Å². The summed E-state index contributed by atoms with van der Waals surface area (Å²) in [6.07, 6.45) is 0.493. The SMILES string of the molecule is NC[C@H]1CN(c2ccc(C(=O)Nc3cnc4ccccc4c3)c(F)c2)C(=O)O1. The maximum Gasteiger partial charge on any atom is 0.414 e. The smallest absolute Gasteiger partial charge is 0.414 e. The molecule has 1 fully saturated rings. The number of hydrogen-bond donors (Lipinski definition) is 2. The molecule has 8 heteroatoms. The van der Waals surface area contributed by atoms with Crippen LogP contribution in [0.5, 0.6) is 0 Å². The summed E-state index contributed by atoms with van der Waals surface area (Å²) in [6, 6.07) is 13.2. The molecule has 2 aromatic carbocycles. The number of nitrogens with one attached hydrogen (secondary N) is 1. The van der Waals surface area contributed by atoms with Crippen LogP contribution < -0.4 is 16.0 Å². The Labute approximate surface area is 159 Å². The minimum atomic E-state index is -0.743. The number of rotatable bonds is 4. The third kappa shape index (κ3) is 3.37. The van der Waals surface area contributed by atoms with E-state index in [1.165, 1.54) is 23.2 Å². The number of ether oxygens (including phenoxy) is 1. The predicted octanol–water partition coefficient (Wildman–Crippen LogP) is 2.91. The van der Waals surface area contributed by atoms with Gasteiger partial charge in [0, 0.05) is 11.9 Å². The highest BCUT2D eigenvalue weighted by atomic mass is 19.1. The lowest BCUT2D eigenvalue weighted by atomic mass is 10.1. The maximum atomic E-state index is 14.5. The number of amides is 2. The minimum absolute atomic E-state index is 0.139. The van der Waals surface area contributed by atoms with E-state index in [1.54, 1.807) is 6.07 Å². The van der Waals surface area contributed by atoms with Crippen molar-refractivity contribution in [1.29, 1.82) is 0 Å². The molecule has 0 bridgehead atoms. The summed E-state index contributed by atoms with van der Waals surface area (Å²) in [6.45, 7) is 0.425. The second-order valence-electron chi connectivity index (χ2n) is 6.39. The van der Waals surface area contributed by atoms with E-state index in [2.05, 4.69) is 10.3 Å². The normalized spacial score (nSPS) is 16.3. The van der Waals surface area contributed by atoms with Gasteiger partial charge >= 0.3 is 6.09 Å². The Morgan fingerprint density at radius 2 is 2.11 bits per heavy atom. The first-order chi connectivity index (χ1) is 13.5. The van der Waals surface area contributed by atoms with Gasteiger partial charge < -0.3 is 15.8 Å². The molecule has 0 aliphatic carbocycles. The van der Waals surface area contributed by atoms with Crippen LogP contribution in [0, 0.1) is 5.82 Å². The lowest BCUT2D eigenvalue weighted by molar-refractivity contribution is 0.102. The number of nitrogens with two attached hydrogens (primary N) is 1. The van der Waals surface area contributed by atoms with Crippen LogP contribution in [-0.2, 0) is 4.74 Å². The van der Waals surface area contributed by atoms with Crippen LogP contribution in [-0.4, -0.2) is 36.2 Å². The first-order valence-corrected chi connectivity index (χ1v) is 8.69. The molecule has 1 aliphatic rings. The molecule has 0 radical (unpaired) electrons. The Kier molecular flexibility index (Phi) is 4.62. The first-order valence-electron chi connectivity index (χ1n) is 8.69. The second-order valence-corrected chi connectivity index (χ2v) is 6.39. The number of anilines is 2. The summed E-state index contributed by atoms with van der Waals surface area (Å²) < 4.78 is 19.6. The van der Waals surface area contributed by atoms with Crippen LogP contribution >= 0.6 is 0 Å². The Hall–Kier alpha value is -3.52. The lowest BCUT2D eigenvalue weighted by Gasteiger charge is -2.14. The zero-order chi connectivity index (χ0) is 19.7. The zero-order valence-electron chi connectivity index (χ0n) is 14.8. The molecule has 2 heterocycles. The Balaban J connectivity index is 1.53. The van der Waals surface area contributed by atoms with Crippen LogP contribution in [0.2, 0.25) is 0 Å². The topological polar surface area (TPSA) is 97.5 Å². The molecule has 1 atom stereocenters. The van der Waals surface area contributed by atoms with Crippen molar-refractivity contribution < 1.29 is 18.7 Å². The van der Waals surface area contributed by atoms with Crippen molar-refractivity contribution in [2.75, 3.05) is 23.3 Å². The van der Waals surface area contributed by atoms with Gasteiger partial charge in [0.15, 0.2) is 0 Å². The molecular weight excluding hydrogens is 363 g/mol. The summed E-state index contributed by atoms with van der Waals surface area (Å²) in [5, 5.41) is 3.50. The Morgan fingerprint density at radius 3 is 2.86 bits per heavy atom. The van der Waals surface area contributed by atoms with Gasteiger partial charge in [0.2, 0.25) is 0 Å². The molecule has 0 unspecified atom stereocenters. The van der Waals surface area contributed by atoms with E-state index in [4.69, 9.17) is 10.5 Å². The van der Waals surface area contributed by atoms with Crippen molar-refractivity contribution in [1.82, 2.24) is 4.98 Å². The van der Waals surface area contributed by atoms with Crippen molar-refractivity contribution in [2.24, 2.45) is 5.73 Å². The molecule has 3 aromatic rings. The van der Waals surface area contributed by atoms with Crippen LogP contribution in [0.25, 0.3) is 10.9 Å². The Bertz CT molecular complexity index is 1070. The maximum absolute atomic E-state index is 14.5. The number of hydrogen-bond acceptors (Lipinski definition) is 5. The molecule has 2 amide bonds. The summed E-state index contributed by atoms with van der Waals surface area (Å²) >= 11 is 0. The number of carbonyl (C=O) groups excluding carboxylic acids is 2. The number of aromatic nitrogens is 1. The van der Waals surface area contributed by atoms with Gasteiger partial charge in [-0.25, -0.2) is 9.18 Å². The molecule has 3 N–H and O–H groups in total. The molecular formula is C20H17FN4O3. The highest BCUT2D eigenvalue weighted by Crippen LogP contribution is 2.24. The van der Waals surface area contributed by atoms with Crippen LogP contribution in [0.4, 0.5) is 20.6 Å². The van der Waals surface area contributed by atoms with Crippen LogP contribution in [0.15, 0.2) is 54.7 Å². The average molecular weight is 380 g/mol. The van der Waals surface area contributed by atoms with E-state index in [0.717, 1.165) is 17.0 Å². The van der Waals surface area contributed by atoms with Gasteiger partial charge in [-0.2, -0.15) is 0 Å². The molecule has 1 aliphatic heterocycles. The van der Waals surface area contributed by atoms with Gasteiger partial charge in [0.1, 0.15) is 11.9 Å². The average Bonchev–Trinajstić information content (AvgIpc) is 3.08. The fourth-order valence-electron chi connectivity index (χ4n) is 3.05. The number of para-hydroxylation sites is 1. The first kappa shape index (κ1) is 17.9. The standard InChI is InChI=1S/C20H17FN4O3/c21-17-8-14(25-11-15(9-22)28-20(25)27)5-6-16(17)19(26)24-13-7-12-3-1-2-4-18(12)23-10-13/h1-8,10,15H,9,11,22H2,(H,24,26)/t15-/m0/s1. The van der Waals surface area contributed by atoms with Crippen molar-refractivity contribution in [2.45, 2.75) is 6.10 Å². The number of pyridine rings is 1. The fourth-order valence-corrected chi connectivity index (χ4v) is 3.05. The molecule has 28 heavy (non-hydrogen) atoms. The molecule has 142 valence electrons. The summed E-state index contributed by atoms with van der Waals surface area (Å²) in [4.78, 5) is 29.9. The molecule has 0 saturated carbocycles. The van der Waals surface area contributed by atoms with E-state index < -0.39 is 23.9 Å². The van der Waals surface area contributed by atoms with Gasteiger partial charge in [-0.3, -0.25) is 14.7 Å². The summed E-state index contributed by atoms with van der Waals surface area (Å²) in [7, 11) is 0. The van der Waals surface area contributed by atoms with Gasteiger partial charge in [-0.1, -0.05) is 18.2 Å². The van der Waals surface area contributed by atoms with E-state index >= 15 is 0 Å². The number of cyclic esters (lactones) is 1. The number of nitrogens with zero attached hydrogens (tertiary/aromatic N) is 2. The van der Waals surface area contributed by atoms with Crippen molar-refractivity contribution in [3.63, 3.8) is 0 Å². The number of fused-ring (bicyclic) bond motifs is 1. The number of benzene rings is 2.